The molecular formula is C13H14ClN3O2S. The Bertz CT molecular complexity index is 693. The van der Waals surface area contributed by atoms with E-state index >= 15 is 0 Å². The van der Waals surface area contributed by atoms with E-state index in [0.29, 0.717) is 29.6 Å². The Balaban J connectivity index is 1.63. The maximum atomic E-state index is 12.3. The van der Waals surface area contributed by atoms with Crippen molar-refractivity contribution < 1.29 is 8.42 Å². The predicted molar refractivity (Wildman–Crippen MR) is 75.9 cm³/mol. The van der Waals surface area contributed by atoms with Crippen molar-refractivity contribution in [3.63, 3.8) is 0 Å². The molecule has 2 aromatic rings. The second-order valence-corrected chi connectivity index (χ2v) is 7.26. The zero-order valence-electron chi connectivity index (χ0n) is 10.7. The Morgan fingerprint density at radius 2 is 1.95 bits per heavy atom. The predicted octanol–water partition coefficient (Wildman–Crippen LogP) is 1.86. The molecule has 20 heavy (non-hydrogen) atoms. The zero-order valence-corrected chi connectivity index (χ0v) is 12.3. The summed E-state index contributed by atoms with van der Waals surface area (Å²) in [5.74, 6) is 0.282. The monoisotopic (exact) mass is 311 g/mol. The van der Waals surface area contributed by atoms with Crippen molar-refractivity contribution in [3.05, 3.63) is 47.7 Å². The number of hydrogen-bond donors (Lipinski definition) is 0. The summed E-state index contributed by atoms with van der Waals surface area (Å²) in [6.45, 7) is 1.73. The third kappa shape index (κ3) is 2.59. The van der Waals surface area contributed by atoms with E-state index < -0.39 is 10.0 Å². The van der Waals surface area contributed by atoms with Gasteiger partial charge in [0, 0.05) is 31.7 Å². The Labute approximate surface area is 122 Å². The van der Waals surface area contributed by atoms with Crippen molar-refractivity contribution >= 4 is 21.6 Å². The lowest BCUT2D eigenvalue weighted by Crippen LogP contribution is -2.51. The molecule has 1 aliphatic heterocycles. The van der Waals surface area contributed by atoms with Crippen LogP contribution in [0.1, 0.15) is 0 Å². The average Bonchev–Trinajstić information content (AvgIpc) is 2.80. The molecule has 0 amide bonds. The van der Waals surface area contributed by atoms with Gasteiger partial charge < -0.3 is 0 Å². The molecule has 0 radical (unpaired) electrons. The molecule has 0 N–H and O–H groups in total. The van der Waals surface area contributed by atoms with E-state index in [0.717, 1.165) is 0 Å². The SMILES string of the molecule is O=S(=O)(c1ccccc1)N1CC(Cn2cc(Cl)cn2)C1. The Morgan fingerprint density at radius 3 is 2.55 bits per heavy atom. The first-order chi connectivity index (χ1) is 9.55. The van der Waals surface area contributed by atoms with Crippen molar-refractivity contribution in [2.24, 2.45) is 5.92 Å². The minimum absolute atomic E-state index is 0.282. The highest BCUT2D eigenvalue weighted by Crippen LogP contribution is 2.26. The molecule has 0 bridgehead atoms. The minimum atomic E-state index is -3.34. The molecule has 0 unspecified atom stereocenters. The van der Waals surface area contributed by atoms with E-state index in [2.05, 4.69) is 5.10 Å². The zero-order chi connectivity index (χ0) is 14.2. The van der Waals surface area contributed by atoms with E-state index in [9.17, 15) is 8.42 Å². The fourth-order valence-electron chi connectivity index (χ4n) is 2.28. The molecule has 1 aliphatic rings. The third-order valence-electron chi connectivity index (χ3n) is 3.35. The van der Waals surface area contributed by atoms with Crippen LogP contribution in [0.15, 0.2) is 47.6 Å². The summed E-state index contributed by atoms with van der Waals surface area (Å²) in [4.78, 5) is 0.348. The topological polar surface area (TPSA) is 55.2 Å². The molecule has 106 valence electrons. The normalized spacial score (nSPS) is 17.1. The van der Waals surface area contributed by atoms with Crippen LogP contribution >= 0.6 is 11.6 Å². The molecule has 1 fully saturated rings. The molecule has 0 saturated carbocycles. The van der Waals surface area contributed by atoms with E-state index in [-0.39, 0.29) is 5.92 Å². The number of benzene rings is 1. The lowest BCUT2D eigenvalue weighted by Gasteiger charge is -2.37. The van der Waals surface area contributed by atoms with E-state index in [1.54, 1.807) is 47.4 Å². The number of halogens is 1. The van der Waals surface area contributed by atoms with Gasteiger partial charge in [-0.05, 0) is 12.1 Å². The first-order valence-corrected chi connectivity index (χ1v) is 8.10. The minimum Gasteiger partial charge on any atom is -0.271 e. The van der Waals surface area contributed by atoms with Gasteiger partial charge in [0.05, 0.1) is 16.1 Å². The molecule has 7 heteroatoms. The fraction of sp³-hybridized carbons (Fsp3) is 0.308. The van der Waals surface area contributed by atoms with Gasteiger partial charge in [0.15, 0.2) is 0 Å². The number of aromatic nitrogens is 2. The molecule has 0 spiro atoms. The Morgan fingerprint density at radius 1 is 1.25 bits per heavy atom. The highest BCUT2D eigenvalue weighted by molar-refractivity contribution is 7.89. The lowest BCUT2D eigenvalue weighted by atomic mass is 10.0. The third-order valence-corrected chi connectivity index (χ3v) is 5.39. The highest BCUT2D eigenvalue weighted by atomic mass is 35.5. The molecule has 0 atom stereocenters. The van der Waals surface area contributed by atoms with Crippen molar-refractivity contribution in [3.8, 4) is 0 Å². The highest BCUT2D eigenvalue weighted by Gasteiger charge is 2.36. The van der Waals surface area contributed by atoms with Gasteiger partial charge in [-0.15, -0.1) is 0 Å². The van der Waals surface area contributed by atoms with E-state index in [4.69, 9.17) is 11.6 Å². The van der Waals surface area contributed by atoms with Gasteiger partial charge in [-0.2, -0.15) is 9.40 Å². The maximum absolute atomic E-state index is 12.3. The van der Waals surface area contributed by atoms with Gasteiger partial charge in [-0.25, -0.2) is 8.42 Å². The second kappa shape index (κ2) is 5.20. The van der Waals surface area contributed by atoms with Gasteiger partial charge in [0.25, 0.3) is 0 Å². The van der Waals surface area contributed by atoms with Gasteiger partial charge in [-0.1, -0.05) is 29.8 Å². The molecule has 1 saturated heterocycles. The van der Waals surface area contributed by atoms with Crippen LogP contribution < -0.4 is 0 Å². The fourth-order valence-corrected chi connectivity index (χ4v) is 4.05. The lowest BCUT2D eigenvalue weighted by molar-refractivity contribution is 0.175. The van der Waals surface area contributed by atoms with Crippen LogP contribution in [0, 0.1) is 5.92 Å². The van der Waals surface area contributed by atoms with Gasteiger partial charge in [-0.3, -0.25) is 4.68 Å². The summed E-state index contributed by atoms with van der Waals surface area (Å²) < 4.78 is 27.8. The Hall–Kier alpha value is -1.37. The van der Waals surface area contributed by atoms with Gasteiger partial charge in [0.1, 0.15) is 0 Å². The number of nitrogens with zero attached hydrogens (tertiary/aromatic N) is 3. The average molecular weight is 312 g/mol. The standard InChI is InChI=1S/C13H14ClN3O2S/c14-12-6-15-16(10-12)7-11-8-17(9-11)20(18,19)13-4-2-1-3-5-13/h1-6,10-11H,7-9H2. The van der Waals surface area contributed by atoms with Crippen LogP contribution in [0.5, 0.6) is 0 Å². The molecule has 0 aliphatic carbocycles. The van der Waals surface area contributed by atoms with Crippen molar-refractivity contribution in [2.75, 3.05) is 13.1 Å². The first kappa shape index (κ1) is 13.6. The van der Waals surface area contributed by atoms with E-state index in [1.807, 2.05) is 0 Å². The quantitative estimate of drug-likeness (QED) is 0.866. The molecular weight excluding hydrogens is 298 g/mol. The van der Waals surface area contributed by atoms with Crippen LogP contribution in [-0.4, -0.2) is 35.6 Å². The van der Waals surface area contributed by atoms with Crippen LogP contribution in [0.3, 0.4) is 0 Å². The summed E-state index contributed by atoms with van der Waals surface area (Å²) >= 11 is 5.80. The summed E-state index contributed by atoms with van der Waals surface area (Å²) in [7, 11) is -3.34. The maximum Gasteiger partial charge on any atom is 0.243 e. The molecule has 3 rings (SSSR count). The molecule has 2 heterocycles. The summed E-state index contributed by atoms with van der Waals surface area (Å²) in [6, 6.07) is 8.51. The van der Waals surface area contributed by atoms with Crippen LogP contribution in [0.2, 0.25) is 5.02 Å². The van der Waals surface area contributed by atoms with Crippen LogP contribution in [0.25, 0.3) is 0 Å². The van der Waals surface area contributed by atoms with Crippen LogP contribution in [0.4, 0.5) is 0 Å². The largest absolute Gasteiger partial charge is 0.271 e. The summed E-state index contributed by atoms with van der Waals surface area (Å²) in [6.07, 6.45) is 3.33. The number of rotatable bonds is 4. The van der Waals surface area contributed by atoms with Gasteiger partial charge >= 0.3 is 0 Å². The van der Waals surface area contributed by atoms with E-state index in [1.165, 1.54) is 4.31 Å². The summed E-state index contributed by atoms with van der Waals surface area (Å²) in [5, 5.41) is 4.70. The van der Waals surface area contributed by atoms with Crippen molar-refractivity contribution in [1.29, 1.82) is 0 Å². The second-order valence-electron chi connectivity index (χ2n) is 4.88. The Kier molecular flexibility index (Phi) is 3.54. The van der Waals surface area contributed by atoms with Crippen LogP contribution in [-0.2, 0) is 16.6 Å². The summed E-state index contributed by atoms with van der Waals surface area (Å²) in [5.41, 5.74) is 0. The molecule has 1 aromatic carbocycles. The molecule has 5 nitrogen and oxygen atoms in total. The number of sulfonamides is 1. The first-order valence-electron chi connectivity index (χ1n) is 6.29. The van der Waals surface area contributed by atoms with Gasteiger partial charge in [0.2, 0.25) is 10.0 Å². The van der Waals surface area contributed by atoms with Crippen molar-refractivity contribution in [1.82, 2.24) is 14.1 Å². The number of hydrogen-bond acceptors (Lipinski definition) is 3. The van der Waals surface area contributed by atoms with Crippen molar-refractivity contribution in [2.45, 2.75) is 11.4 Å². The smallest absolute Gasteiger partial charge is 0.243 e. The molecule has 1 aromatic heterocycles.